The van der Waals surface area contributed by atoms with Crippen LogP contribution in [0.2, 0.25) is 5.02 Å². The number of benzene rings is 2. The third kappa shape index (κ3) is 7.30. The van der Waals surface area contributed by atoms with E-state index in [0.717, 1.165) is 32.6 Å². The van der Waals surface area contributed by atoms with Gasteiger partial charge in [-0.3, -0.25) is 14.5 Å². The topological polar surface area (TPSA) is 96.2 Å². The van der Waals surface area contributed by atoms with E-state index < -0.39 is 6.04 Å². The Hall–Kier alpha value is -1.87. The van der Waals surface area contributed by atoms with Crippen LogP contribution in [0.3, 0.4) is 0 Å². The Balaban J connectivity index is 0.00000341. The number of para-hydroxylation sites is 1. The fourth-order valence-electron chi connectivity index (χ4n) is 3.66. The molecule has 0 bridgehead atoms. The molecule has 3 rings (SSSR count). The molecule has 1 aliphatic rings. The lowest BCUT2D eigenvalue weighted by atomic mass is 10.1. The lowest BCUT2D eigenvalue weighted by Gasteiger charge is -2.27. The second-order valence-corrected chi connectivity index (χ2v) is 7.80. The van der Waals surface area contributed by atoms with Crippen molar-refractivity contribution in [2.75, 3.05) is 36.4 Å². The molecule has 33 heavy (non-hydrogen) atoms. The molecule has 1 heterocycles. The van der Waals surface area contributed by atoms with Gasteiger partial charge >= 0.3 is 0 Å². The molecule has 0 fully saturated rings. The fraction of sp³-hybridized carbons (Fsp3) is 0.391. The molecule has 0 aliphatic carbocycles. The van der Waals surface area contributed by atoms with Gasteiger partial charge in [0.15, 0.2) is 0 Å². The molecule has 2 aromatic rings. The van der Waals surface area contributed by atoms with Gasteiger partial charge in [-0.15, -0.1) is 24.8 Å². The molecule has 184 valence electrons. The van der Waals surface area contributed by atoms with E-state index >= 15 is 0 Å². The molecular formula is C23H33Cl3N4O3. The van der Waals surface area contributed by atoms with Crippen LogP contribution in [0.5, 0.6) is 0 Å². The number of hydrogen-bond acceptors (Lipinski definition) is 4. The van der Waals surface area contributed by atoms with E-state index in [2.05, 4.69) is 29.4 Å². The Morgan fingerprint density at radius 1 is 1.12 bits per heavy atom. The van der Waals surface area contributed by atoms with Crippen molar-refractivity contribution in [1.29, 1.82) is 0 Å². The predicted octanol–water partition coefficient (Wildman–Crippen LogP) is 4.30. The van der Waals surface area contributed by atoms with Crippen molar-refractivity contribution >= 4 is 65.3 Å². The van der Waals surface area contributed by atoms with Crippen LogP contribution in [0, 0.1) is 0 Å². The normalized spacial score (nSPS) is 12.8. The van der Waals surface area contributed by atoms with Crippen LogP contribution < -0.4 is 15.5 Å². The Kier molecular flexibility index (Phi) is 13.6. The van der Waals surface area contributed by atoms with Crippen molar-refractivity contribution in [2.24, 2.45) is 0 Å². The molecule has 7 nitrogen and oxygen atoms in total. The number of nitrogens with one attached hydrogen (secondary N) is 2. The second-order valence-electron chi connectivity index (χ2n) is 7.36. The van der Waals surface area contributed by atoms with Gasteiger partial charge in [0.2, 0.25) is 5.91 Å². The summed E-state index contributed by atoms with van der Waals surface area (Å²) in [6.45, 7) is 9.94. The number of nitrogens with zero attached hydrogens (tertiary/aromatic N) is 2. The van der Waals surface area contributed by atoms with E-state index in [1.54, 1.807) is 41.3 Å². The van der Waals surface area contributed by atoms with Gasteiger partial charge in [0, 0.05) is 5.02 Å². The van der Waals surface area contributed by atoms with E-state index in [-0.39, 0.29) is 42.1 Å². The third-order valence-electron chi connectivity index (χ3n) is 5.42. The maximum Gasteiger partial charge on any atom is 0.257 e. The zero-order valence-corrected chi connectivity index (χ0v) is 21.4. The number of hydrogen-bond donors (Lipinski definition) is 2. The zero-order chi connectivity index (χ0) is 21.7. The lowest BCUT2D eigenvalue weighted by molar-refractivity contribution is -0.119. The Morgan fingerprint density at radius 3 is 2.45 bits per heavy atom. The van der Waals surface area contributed by atoms with Crippen molar-refractivity contribution in [2.45, 2.75) is 33.2 Å². The predicted molar refractivity (Wildman–Crippen MR) is 141 cm³/mol. The Bertz CT molecular complexity index is 926. The summed E-state index contributed by atoms with van der Waals surface area (Å²) < 4.78 is 0. The number of carbonyl (C=O) groups excluding carboxylic acids is 2. The van der Waals surface area contributed by atoms with Gasteiger partial charge in [0.05, 0.1) is 28.7 Å². The second kappa shape index (κ2) is 14.4. The SMILES string of the molecule is CCN(CC)CCCNC(C)C(=O)N1c2ccc(Cl)cc2NC(=O)c2ccccc21.Cl.Cl.O. The largest absolute Gasteiger partial charge is 0.412 e. The highest BCUT2D eigenvalue weighted by Crippen LogP contribution is 2.39. The highest BCUT2D eigenvalue weighted by atomic mass is 35.5. The van der Waals surface area contributed by atoms with Crippen LogP contribution in [0.25, 0.3) is 0 Å². The van der Waals surface area contributed by atoms with Gasteiger partial charge in [-0.2, -0.15) is 0 Å². The number of amides is 2. The van der Waals surface area contributed by atoms with Crippen molar-refractivity contribution in [3.05, 3.63) is 53.1 Å². The quantitative estimate of drug-likeness (QED) is 0.508. The third-order valence-corrected chi connectivity index (χ3v) is 5.66. The maximum absolute atomic E-state index is 13.5. The van der Waals surface area contributed by atoms with E-state index in [9.17, 15) is 9.59 Å². The molecule has 4 N–H and O–H groups in total. The molecular weight excluding hydrogens is 487 g/mol. The van der Waals surface area contributed by atoms with Crippen LogP contribution in [-0.2, 0) is 4.79 Å². The first-order chi connectivity index (χ1) is 14.5. The summed E-state index contributed by atoms with van der Waals surface area (Å²) in [6, 6.07) is 11.9. The van der Waals surface area contributed by atoms with Crippen molar-refractivity contribution in [3.8, 4) is 0 Å². The summed E-state index contributed by atoms with van der Waals surface area (Å²) in [5.41, 5.74) is 2.15. The van der Waals surface area contributed by atoms with Crippen LogP contribution in [0.1, 0.15) is 37.6 Å². The number of halogens is 3. The van der Waals surface area contributed by atoms with Crippen molar-refractivity contribution < 1.29 is 15.1 Å². The van der Waals surface area contributed by atoms with Crippen LogP contribution in [0.4, 0.5) is 17.1 Å². The molecule has 0 saturated carbocycles. The van der Waals surface area contributed by atoms with Gasteiger partial charge in [-0.05, 0) is 69.9 Å². The summed E-state index contributed by atoms with van der Waals surface area (Å²) in [5.74, 6) is -0.380. The minimum atomic E-state index is -0.411. The smallest absolute Gasteiger partial charge is 0.257 e. The van der Waals surface area contributed by atoms with Crippen molar-refractivity contribution in [3.63, 3.8) is 0 Å². The Labute approximate surface area is 213 Å². The molecule has 1 atom stereocenters. The van der Waals surface area contributed by atoms with Gasteiger partial charge in [0.25, 0.3) is 5.91 Å². The highest BCUT2D eigenvalue weighted by Gasteiger charge is 2.31. The van der Waals surface area contributed by atoms with Crippen LogP contribution >= 0.6 is 36.4 Å². The minimum absolute atomic E-state index is 0. The molecule has 10 heteroatoms. The molecule has 0 aromatic heterocycles. The summed E-state index contributed by atoms with van der Waals surface area (Å²) in [4.78, 5) is 30.2. The molecule has 0 radical (unpaired) electrons. The summed E-state index contributed by atoms with van der Waals surface area (Å²) >= 11 is 6.14. The van der Waals surface area contributed by atoms with Gasteiger partial charge < -0.3 is 21.0 Å². The van der Waals surface area contributed by atoms with Crippen LogP contribution in [-0.4, -0.2) is 54.4 Å². The van der Waals surface area contributed by atoms with Gasteiger partial charge in [-0.1, -0.05) is 37.6 Å². The number of rotatable bonds is 8. The summed E-state index contributed by atoms with van der Waals surface area (Å²) in [7, 11) is 0. The average molecular weight is 520 g/mol. The first kappa shape index (κ1) is 31.1. The molecule has 2 aromatic carbocycles. The average Bonchev–Trinajstić information content (AvgIpc) is 2.87. The molecule has 0 saturated heterocycles. The van der Waals surface area contributed by atoms with E-state index in [1.165, 1.54) is 0 Å². The van der Waals surface area contributed by atoms with Gasteiger partial charge in [-0.25, -0.2) is 0 Å². The minimum Gasteiger partial charge on any atom is -0.412 e. The monoisotopic (exact) mass is 518 g/mol. The number of anilines is 3. The van der Waals surface area contributed by atoms with E-state index in [0.29, 0.717) is 27.6 Å². The maximum atomic E-state index is 13.5. The first-order valence-electron chi connectivity index (χ1n) is 10.5. The first-order valence-corrected chi connectivity index (χ1v) is 10.8. The Morgan fingerprint density at radius 2 is 1.79 bits per heavy atom. The fourth-order valence-corrected chi connectivity index (χ4v) is 3.83. The van der Waals surface area contributed by atoms with Crippen molar-refractivity contribution in [1.82, 2.24) is 10.2 Å². The molecule has 0 spiro atoms. The summed E-state index contributed by atoms with van der Waals surface area (Å²) in [6.07, 6.45) is 0.960. The number of fused-ring (bicyclic) bond motifs is 2. The van der Waals surface area contributed by atoms with E-state index in [1.807, 2.05) is 13.0 Å². The summed E-state index contributed by atoms with van der Waals surface area (Å²) in [5, 5.41) is 6.71. The molecule has 1 unspecified atom stereocenters. The molecule has 1 aliphatic heterocycles. The molecule has 2 amide bonds. The van der Waals surface area contributed by atoms with E-state index in [4.69, 9.17) is 11.6 Å². The lowest BCUT2D eigenvalue weighted by Crippen LogP contribution is -2.44. The number of carbonyl (C=O) groups is 2. The van der Waals surface area contributed by atoms with Gasteiger partial charge in [0.1, 0.15) is 0 Å². The zero-order valence-electron chi connectivity index (χ0n) is 19.1. The van der Waals surface area contributed by atoms with Crippen LogP contribution in [0.15, 0.2) is 42.5 Å². The standard InChI is InChI=1S/C23H29ClN4O2.2ClH.H2O/c1-4-27(5-2)14-8-13-25-16(3)23(30)28-20-10-7-6-9-18(20)22(29)26-19-15-17(24)11-12-21(19)28;;;/h6-7,9-12,15-16,25H,4-5,8,13-14H2,1-3H3,(H,26,29);2*1H;1H2. The highest BCUT2D eigenvalue weighted by molar-refractivity contribution is 6.31.